The van der Waals surface area contributed by atoms with Crippen LogP contribution in [0, 0.1) is 5.41 Å². The highest BCUT2D eigenvalue weighted by Crippen LogP contribution is 2.31. The molecule has 2 aromatic rings. The van der Waals surface area contributed by atoms with Crippen molar-refractivity contribution in [3.05, 3.63) is 53.6 Å². The molecule has 1 aliphatic rings. The number of nitrogens with zero attached hydrogens (tertiary/aromatic N) is 1. The summed E-state index contributed by atoms with van der Waals surface area (Å²) in [6.07, 6.45) is -0.947. The topological polar surface area (TPSA) is 145 Å². The average molecular weight is 505 g/mol. The largest absolute Gasteiger partial charge is 0.384 e. The van der Waals surface area contributed by atoms with Crippen molar-refractivity contribution >= 4 is 46.7 Å². The molecule has 0 aliphatic carbocycles. The summed E-state index contributed by atoms with van der Waals surface area (Å²) in [7, 11) is -2.51. The molecule has 1 saturated heterocycles. The van der Waals surface area contributed by atoms with Crippen LogP contribution < -0.4 is 21.8 Å². The second kappa shape index (κ2) is 10.1. The first-order valence-electron chi connectivity index (χ1n) is 10.8. The minimum Gasteiger partial charge on any atom is -0.384 e. The van der Waals surface area contributed by atoms with E-state index in [1.165, 1.54) is 12.1 Å². The highest BCUT2D eigenvalue weighted by Gasteiger charge is 2.44. The van der Waals surface area contributed by atoms with Crippen molar-refractivity contribution in [1.29, 1.82) is 5.41 Å². The number of carbonyl (C=O) groups is 2. The number of anilines is 1. The zero-order valence-corrected chi connectivity index (χ0v) is 20.1. The van der Waals surface area contributed by atoms with Crippen molar-refractivity contribution in [2.24, 2.45) is 5.73 Å². The number of alkyl halides is 2. The standard InChI is InChI=1S/C22H26BF2N5O4S/c1-13(28-19(31)11-20(32)29-16-5-2-14(3-6-16)21(26)27)15-4-7-18(17(23)10-15)35(33,34)30-9-8-22(24,25)12-30/h2-7,10,13H,8-9,11-12,23H2,1H3,(H3,26,27)(H,28,31)(H,29,32). The maximum Gasteiger partial charge on any atom is 0.262 e. The highest BCUT2D eigenvalue weighted by atomic mass is 32.2. The fourth-order valence-electron chi connectivity index (χ4n) is 3.74. The fraction of sp³-hybridized carbons (Fsp3) is 0.318. The number of carbonyl (C=O) groups excluding carboxylic acids is 2. The lowest BCUT2D eigenvalue weighted by Crippen LogP contribution is -2.35. The van der Waals surface area contributed by atoms with Crippen molar-refractivity contribution in [2.45, 2.75) is 36.6 Å². The molecule has 1 aliphatic heterocycles. The third-order valence-electron chi connectivity index (χ3n) is 5.63. The summed E-state index contributed by atoms with van der Waals surface area (Å²) in [5.41, 5.74) is 7.30. The quantitative estimate of drug-likeness (QED) is 0.178. The van der Waals surface area contributed by atoms with Crippen LogP contribution in [0.4, 0.5) is 14.5 Å². The van der Waals surface area contributed by atoms with Gasteiger partial charge in [-0.1, -0.05) is 17.6 Å². The Hall–Kier alpha value is -3.32. The van der Waals surface area contributed by atoms with Gasteiger partial charge in [-0.3, -0.25) is 15.0 Å². The molecule has 2 amide bonds. The third-order valence-corrected chi connectivity index (χ3v) is 7.64. The predicted octanol–water partition coefficient (Wildman–Crippen LogP) is 0.465. The Labute approximate surface area is 203 Å². The van der Waals surface area contributed by atoms with Crippen LogP contribution in [0.1, 0.15) is 36.9 Å². The summed E-state index contributed by atoms with van der Waals surface area (Å²) >= 11 is 0. The number of nitrogen functional groups attached to an aromatic ring is 1. The van der Waals surface area contributed by atoms with Crippen LogP contribution in [0.3, 0.4) is 0 Å². The van der Waals surface area contributed by atoms with Crippen LogP contribution >= 0.6 is 0 Å². The zero-order valence-electron chi connectivity index (χ0n) is 19.3. The Bertz CT molecular complexity index is 1250. The van der Waals surface area contributed by atoms with Crippen LogP contribution in [0.15, 0.2) is 47.4 Å². The molecule has 1 heterocycles. The number of benzene rings is 2. The molecule has 9 nitrogen and oxygen atoms in total. The molecule has 0 saturated carbocycles. The van der Waals surface area contributed by atoms with Gasteiger partial charge in [-0.05, 0) is 42.8 Å². The highest BCUT2D eigenvalue weighted by molar-refractivity contribution is 7.89. The first-order valence-corrected chi connectivity index (χ1v) is 12.2. The van der Waals surface area contributed by atoms with E-state index in [0.717, 1.165) is 4.31 Å². The molecule has 5 N–H and O–H groups in total. The van der Waals surface area contributed by atoms with Crippen LogP contribution in [0.25, 0.3) is 0 Å². The van der Waals surface area contributed by atoms with Crippen LogP contribution in [0.2, 0.25) is 0 Å². The first-order chi connectivity index (χ1) is 16.3. The lowest BCUT2D eigenvalue weighted by atomic mass is 9.92. The SMILES string of the molecule is Bc1cc(C(C)NC(=O)CC(=O)Nc2ccc(C(=N)N)cc2)ccc1S(=O)(=O)N1CCC(F)(F)C1. The second-order valence-corrected chi connectivity index (χ2v) is 10.4. The zero-order chi connectivity index (χ0) is 26.0. The Balaban J connectivity index is 1.59. The number of halogens is 2. The molecule has 1 atom stereocenters. The number of nitrogens with two attached hydrogens (primary N) is 1. The lowest BCUT2D eigenvalue weighted by Gasteiger charge is -2.20. The molecule has 2 aromatic carbocycles. The molecule has 0 bridgehead atoms. The van der Waals surface area contributed by atoms with Crippen LogP contribution in [-0.4, -0.2) is 57.2 Å². The number of hydrogen-bond acceptors (Lipinski definition) is 5. The van der Waals surface area contributed by atoms with Gasteiger partial charge in [-0.2, -0.15) is 4.31 Å². The van der Waals surface area contributed by atoms with Crippen molar-refractivity contribution in [3.8, 4) is 0 Å². The molecule has 1 fully saturated rings. The van der Waals surface area contributed by atoms with Gasteiger partial charge < -0.3 is 16.4 Å². The van der Waals surface area contributed by atoms with E-state index in [9.17, 15) is 26.8 Å². The molecule has 3 rings (SSSR count). The number of sulfonamides is 1. The van der Waals surface area contributed by atoms with Gasteiger partial charge >= 0.3 is 0 Å². The summed E-state index contributed by atoms with van der Waals surface area (Å²) in [5, 5.41) is 12.6. The van der Waals surface area contributed by atoms with E-state index in [-0.39, 0.29) is 17.3 Å². The van der Waals surface area contributed by atoms with Crippen molar-refractivity contribution in [2.75, 3.05) is 18.4 Å². The Morgan fingerprint density at radius 3 is 2.40 bits per heavy atom. The molecule has 1 unspecified atom stereocenters. The van der Waals surface area contributed by atoms with E-state index in [4.69, 9.17) is 11.1 Å². The summed E-state index contributed by atoms with van der Waals surface area (Å²) in [4.78, 5) is 24.4. The monoisotopic (exact) mass is 505 g/mol. The van der Waals surface area contributed by atoms with E-state index < -0.39 is 53.2 Å². The van der Waals surface area contributed by atoms with Gasteiger partial charge in [0.05, 0.1) is 17.5 Å². The number of hydrogen-bond donors (Lipinski definition) is 4. The van der Waals surface area contributed by atoms with Gasteiger partial charge in [0.2, 0.25) is 21.8 Å². The van der Waals surface area contributed by atoms with Gasteiger partial charge in [0.25, 0.3) is 5.92 Å². The van der Waals surface area contributed by atoms with E-state index in [1.54, 1.807) is 45.1 Å². The molecular formula is C22H26BF2N5O4S. The number of amidine groups is 1. The van der Waals surface area contributed by atoms with Crippen molar-refractivity contribution < 1.29 is 26.8 Å². The van der Waals surface area contributed by atoms with Gasteiger partial charge in [0.1, 0.15) is 20.1 Å². The minimum absolute atomic E-state index is 0.0624. The lowest BCUT2D eigenvalue weighted by molar-refractivity contribution is -0.127. The Morgan fingerprint density at radius 1 is 1.20 bits per heavy atom. The normalized spacial score (nSPS) is 16.4. The maximum atomic E-state index is 13.5. The second-order valence-electron chi connectivity index (χ2n) is 8.47. The van der Waals surface area contributed by atoms with Crippen LogP contribution in [0.5, 0.6) is 0 Å². The van der Waals surface area contributed by atoms with E-state index in [1.807, 2.05) is 0 Å². The number of amides is 2. The molecule has 0 aromatic heterocycles. The average Bonchev–Trinajstić information content (AvgIpc) is 3.14. The number of nitrogens with one attached hydrogen (secondary N) is 3. The summed E-state index contributed by atoms with van der Waals surface area (Å²) in [5.74, 6) is -4.21. The third kappa shape index (κ3) is 6.43. The van der Waals surface area contributed by atoms with Crippen molar-refractivity contribution in [1.82, 2.24) is 9.62 Å². The summed E-state index contributed by atoms with van der Waals surface area (Å²) in [6, 6.07) is 10.2. The van der Waals surface area contributed by atoms with Gasteiger partial charge in [0.15, 0.2) is 0 Å². The Kier molecular flexibility index (Phi) is 7.60. The molecule has 0 radical (unpaired) electrons. The maximum absolute atomic E-state index is 13.5. The van der Waals surface area contributed by atoms with Crippen LogP contribution in [-0.2, 0) is 19.6 Å². The molecule has 13 heteroatoms. The predicted molar refractivity (Wildman–Crippen MR) is 130 cm³/mol. The minimum atomic E-state index is -4.06. The molecule has 0 spiro atoms. The fourth-order valence-corrected chi connectivity index (χ4v) is 5.41. The van der Waals surface area contributed by atoms with Gasteiger partial charge in [-0.15, -0.1) is 0 Å². The molecule has 186 valence electrons. The Morgan fingerprint density at radius 2 is 1.86 bits per heavy atom. The van der Waals surface area contributed by atoms with E-state index in [0.29, 0.717) is 22.3 Å². The van der Waals surface area contributed by atoms with E-state index >= 15 is 0 Å². The molecular weight excluding hydrogens is 479 g/mol. The van der Waals surface area contributed by atoms with Gasteiger partial charge in [-0.25, -0.2) is 17.2 Å². The smallest absolute Gasteiger partial charge is 0.262 e. The summed E-state index contributed by atoms with van der Waals surface area (Å²) < 4.78 is 53.4. The van der Waals surface area contributed by atoms with E-state index in [2.05, 4.69) is 10.6 Å². The number of rotatable bonds is 8. The van der Waals surface area contributed by atoms with Crippen molar-refractivity contribution in [3.63, 3.8) is 0 Å². The molecule has 35 heavy (non-hydrogen) atoms. The van der Waals surface area contributed by atoms with Gasteiger partial charge in [0, 0.05) is 24.2 Å². The first kappa shape index (κ1) is 26.3. The summed E-state index contributed by atoms with van der Waals surface area (Å²) in [6.45, 7) is 0.595.